The maximum Gasteiger partial charge on any atom is 0.230 e. The van der Waals surface area contributed by atoms with Gasteiger partial charge in [-0.25, -0.2) is 15.0 Å². The summed E-state index contributed by atoms with van der Waals surface area (Å²) in [6.07, 6.45) is 5.62. The highest BCUT2D eigenvalue weighted by Crippen LogP contribution is 2.35. The van der Waals surface area contributed by atoms with E-state index in [-0.39, 0.29) is 12.3 Å². The molecule has 0 radical (unpaired) electrons. The Morgan fingerprint density at radius 3 is 2.63 bits per heavy atom. The molecule has 0 unspecified atom stereocenters. The Kier molecular flexibility index (Phi) is 7.47. The van der Waals surface area contributed by atoms with Crippen molar-refractivity contribution in [2.45, 2.75) is 6.42 Å². The third kappa shape index (κ3) is 5.94. The first-order chi connectivity index (χ1) is 21.2. The van der Waals surface area contributed by atoms with E-state index in [0.29, 0.717) is 17.3 Å². The maximum atomic E-state index is 12.7. The summed E-state index contributed by atoms with van der Waals surface area (Å²) in [6, 6.07) is 23.4. The van der Waals surface area contributed by atoms with Gasteiger partial charge in [-0.2, -0.15) is 0 Å². The van der Waals surface area contributed by atoms with Crippen LogP contribution in [0.1, 0.15) is 5.69 Å². The molecule has 1 amide bonds. The summed E-state index contributed by atoms with van der Waals surface area (Å²) in [4.78, 5) is 34.4. The zero-order valence-electron chi connectivity index (χ0n) is 23.2. The van der Waals surface area contributed by atoms with E-state index in [1.54, 1.807) is 23.7 Å². The normalized spacial score (nSPS) is 13.3. The third-order valence-electron chi connectivity index (χ3n) is 7.15. The monoisotopic (exact) mass is 588 g/mol. The minimum absolute atomic E-state index is 0.133. The van der Waals surface area contributed by atoms with Crippen LogP contribution in [-0.2, 0) is 16.0 Å². The summed E-state index contributed by atoms with van der Waals surface area (Å²) < 4.78 is 7.51. The first-order valence-electron chi connectivity index (χ1n) is 14.0. The predicted octanol–water partition coefficient (Wildman–Crippen LogP) is 5.68. The number of hydrogen-bond donors (Lipinski definition) is 2. The minimum atomic E-state index is -0.133. The Morgan fingerprint density at radius 2 is 1.79 bits per heavy atom. The number of amides is 1. The Hall–Kier alpha value is -5.13. The first-order valence-corrected chi connectivity index (χ1v) is 14.9. The van der Waals surface area contributed by atoms with Gasteiger partial charge in [0.15, 0.2) is 4.96 Å². The fraction of sp³-hybridized carbons (Fsp3) is 0.156. The van der Waals surface area contributed by atoms with E-state index in [2.05, 4.69) is 37.6 Å². The van der Waals surface area contributed by atoms with Crippen molar-refractivity contribution in [3.63, 3.8) is 0 Å². The lowest BCUT2D eigenvalue weighted by molar-refractivity contribution is -0.115. The smallest absolute Gasteiger partial charge is 0.230 e. The molecule has 1 saturated heterocycles. The van der Waals surface area contributed by atoms with Gasteiger partial charge < -0.3 is 20.3 Å². The summed E-state index contributed by atoms with van der Waals surface area (Å²) in [6.45, 7) is 3.28. The number of carbonyl (C=O) groups is 1. The summed E-state index contributed by atoms with van der Waals surface area (Å²) in [5, 5.41) is 8.34. The van der Waals surface area contributed by atoms with Crippen molar-refractivity contribution in [1.82, 2.24) is 24.3 Å². The van der Waals surface area contributed by atoms with Crippen LogP contribution in [0.5, 0.6) is 0 Å². The second-order valence-electron chi connectivity index (χ2n) is 10.0. The number of fused-ring (bicyclic) bond motifs is 1. The van der Waals surface area contributed by atoms with E-state index in [4.69, 9.17) is 14.7 Å². The lowest BCUT2D eigenvalue weighted by atomic mass is 10.1. The molecule has 1 fully saturated rings. The third-order valence-corrected chi connectivity index (χ3v) is 7.90. The van der Waals surface area contributed by atoms with Gasteiger partial charge in [0.25, 0.3) is 0 Å². The number of rotatable bonds is 8. The molecular weight excluding hydrogens is 560 g/mol. The van der Waals surface area contributed by atoms with E-state index in [1.165, 1.54) is 5.69 Å². The molecule has 11 heteroatoms. The lowest BCUT2D eigenvalue weighted by Crippen LogP contribution is -2.36. The Balaban J connectivity index is 1.14. The molecule has 1 aliphatic heterocycles. The number of nitrogens with one attached hydrogen (secondary N) is 2. The second-order valence-corrected chi connectivity index (χ2v) is 10.9. The van der Waals surface area contributed by atoms with Gasteiger partial charge in [0.2, 0.25) is 11.9 Å². The fourth-order valence-electron chi connectivity index (χ4n) is 5.11. The van der Waals surface area contributed by atoms with Crippen molar-refractivity contribution in [2.75, 3.05) is 41.8 Å². The zero-order chi connectivity index (χ0) is 29.0. The van der Waals surface area contributed by atoms with Gasteiger partial charge in [-0.05, 0) is 54.6 Å². The van der Waals surface area contributed by atoms with Crippen molar-refractivity contribution >= 4 is 45.2 Å². The van der Waals surface area contributed by atoms with Gasteiger partial charge in [0, 0.05) is 65.4 Å². The summed E-state index contributed by atoms with van der Waals surface area (Å²) in [5.74, 6) is 0.356. The molecule has 10 nitrogen and oxygen atoms in total. The van der Waals surface area contributed by atoms with Gasteiger partial charge in [-0.1, -0.05) is 18.2 Å². The molecule has 0 spiro atoms. The van der Waals surface area contributed by atoms with E-state index < -0.39 is 0 Å². The van der Waals surface area contributed by atoms with Crippen molar-refractivity contribution < 1.29 is 9.53 Å². The van der Waals surface area contributed by atoms with Crippen molar-refractivity contribution in [2.24, 2.45) is 0 Å². The fourth-order valence-corrected chi connectivity index (χ4v) is 5.82. The van der Waals surface area contributed by atoms with E-state index in [9.17, 15) is 4.79 Å². The number of thiazole rings is 1. The molecular formula is C32H28N8O2S. The summed E-state index contributed by atoms with van der Waals surface area (Å²) in [7, 11) is 0. The second kappa shape index (κ2) is 12.0. The Bertz CT molecular complexity index is 1860. The molecule has 2 aromatic carbocycles. The lowest BCUT2D eigenvalue weighted by Gasteiger charge is -2.28. The van der Waals surface area contributed by atoms with E-state index in [1.807, 2.05) is 76.6 Å². The van der Waals surface area contributed by atoms with Crippen LogP contribution < -0.4 is 15.5 Å². The molecule has 0 aliphatic carbocycles. The van der Waals surface area contributed by atoms with Gasteiger partial charge in [0.05, 0.1) is 31.0 Å². The van der Waals surface area contributed by atoms with Gasteiger partial charge in [-0.3, -0.25) is 14.2 Å². The van der Waals surface area contributed by atoms with Gasteiger partial charge in [-0.15, -0.1) is 11.3 Å². The van der Waals surface area contributed by atoms with E-state index in [0.717, 1.165) is 59.6 Å². The number of ether oxygens (including phenoxy) is 1. The van der Waals surface area contributed by atoms with Crippen LogP contribution in [0.15, 0.2) is 96.8 Å². The standard InChI is InChI=1S/C32H28N8O2S/c41-28(21-24-5-1-2-12-33-24)35-25-6-3-4-22(20-25)29-30(40-16-19-43-32(40)38-29)27-11-13-34-31(37-27)36-23-7-9-26(10-8-23)39-14-17-42-18-15-39/h1-13,16,19-20H,14-15,17-18,21H2,(H,35,41)(H,34,36,37). The van der Waals surface area contributed by atoms with Crippen LogP contribution in [0, 0.1) is 0 Å². The predicted molar refractivity (Wildman–Crippen MR) is 169 cm³/mol. The quantitative estimate of drug-likeness (QED) is 0.234. The highest BCUT2D eigenvalue weighted by molar-refractivity contribution is 7.15. The minimum Gasteiger partial charge on any atom is -0.378 e. The van der Waals surface area contributed by atoms with Gasteiger partial charge in [0.1, 0.15) is 5.69 Å². The van der Waals surface area contributed by atoms with Crippen LogP contribution >= 0.6 is 11.3 Å². The molecule has 1 aliphatic rings. The number of morpholine rings is 1. The largest absolute Gasteiger partial charge is 0.378 e. The number of hydrogen-bond acceptors (Lipinski definition) is 9. The number of pyridine rings is 1. The topological polar surface area (TPSA) is 110 Å². The van der Waals surface area contributed by atoms with Crippen LogP contribution in [0.4, 0.5) is 23.0 Å². The van der Waals surface area contributed by atoms with Crippen LogP contribution in [0.2, 0.25) is 0 Å². The first kappa shape index (κ1) is 26.7. The molecule has 7 rings (SSSR count). The summed E-state index contributed by atoms with van der Waals surface area (Å²) in [5.41, 5.74) is 6.69. The van der Waals surface area contributed by atoms with Crippen molar-refractivity contribution in [1.29, 1.82) is 0 Å². The molecule has 0 bridgehead atoms. The number of anilines is 4. The molecule has 4 aromatic heterocycles. The van der Waals surface area contributed by atoms with Crippen LogP contribution in [0.3, 0.4) is 0 Å². The molecule has 2 N–H and O–H groups in total. The number of carbonyl (C=O) groups excluding carboxylic acids is 1. The zero-order valence-corrected chi connectivity index (χ0v) is 24.0. The highest BCUT2D eigenvalue weighted by Gasteiger charge is 2.19. The van der Waals surface area contributed by atoms with Gasteiger partial charge >= 0.3 is 0 Å². The molecule has 214 valence electrons. The summed E-state index contributed by atoms with van der Waals surface area (Å²) >= 11 is 1.55. The molecule has 5 heterocycles. The number of imidazole rings is 1. The Labute approximate surface area is 252 Å². The number of aromatic nitrogens is 5. The van der Waals surface area contributed by atoms with Crippen LogP contribution in [0.25, 0.3) is 27.6 Å². The molecule has 43 heavy (non-hydrogen) atoms. The average Bonchev–Trinajstić information content (AvgIpc) is 3.65. The average molecular weight is 589 g/mol. The molecule has 0 atom stereocenters. The molecule has 6 aromatic rings. The maximum absolute atomic E-state index is 12.7. The number of nitrogens with zero attached hydrogens (tertiary/aromatic N) is 6. The SMILES string of the molecule is O=C(Cc1ccccn1)Nc1cccc(-c2nc3sccn3c2-c2ccnc(Nc3ccc(N4CCOCC4)cc3)n2)c1. The van der Waals surface area contributed by atoms with Crippen molar-refractivity contribution in [3.05, 3.63) is 102 Å². The number of benzene rings is 2. The van der Waals surface area contributed by atoms with Crippen LogP contribution in [-0.4, -0.2) is 56.5 Å². The molecule has 0 saturated carbocycles. The van der Waals surface area contributed by atoms with Crippen molar-refractivity contribution in [3.8, 4) is 22.6 Å². The Morgan fingerprint density at radius 1 is 0.907 bits per heavy atom. The highest BCUT2D eigenvalue weighted by atomic mass is 32.1. The van der Waals surface area contributed by atoms with E-state index >= 15 is 0 Å².